The molecular weight excluding hydrogens is 454 g/mol. The Labute approximate surface area is 199 Å². The van der Waals surface area contributed by atoms with Crippen molar-refractivity contribution in [3.05, 3.63) is 71.2 Å². The lowest BCUT2D eigenvalue weighted by molar-refractivity contribution is -0.126. The van der Waals surface area contributed by atoms with Crippen LogP contribution in [-0.4, -0.2) is 36.7 Å². The van der Waals surface area contributed by atoms with E-state index in [1.54, 1.807) is 23.5 Å². The average molecular weight is 484 g/mol. The number of nitrogens with one attached hydrogen (secondary N) is 1. The number of hydrogen-bond donors (Lipinski definition) is 1. The molecule has 0 saturated carbocycles. The molecule has 33 heavy (non-hydrogen) atoms. The summed E-state index contributed by atoms with van der Waals surface area (Å²) in [6, 6.07) is 17.1. The Kier molecular flexibility index (Phi) is 7.57. The fourth-order valence-electron chi connectivity index (χ4n) is 4.05. The highest BCUT2D eigenvalue weighted by atomic mass is 32.2. The van der Waals surface area contributed by atoms with Gasteiger partial charge in [0, 0.05) is 30.0 Å². The molecule has 1 aromatic heterocycles. The van der Waals surface area contributed by atoms with E-state index in [-0.39, 0.29) is 11.8 Å². The first-order valence-electron chi connectivity index (χ1n) is 11.3. The van der Waals surface area contributed by atoms with Gasteiger partial charge in [-0.25, -0.2) is 13.4 Å². The second kappa shape index (κ2) is 10.6. The van der Waals surface area contributed by atoms with Crippen LogP contribution in [-0.2, 0) is 27.8 Å². The van der Waals surface area contributed by atoms with Gasteiger partial charge in [0.1, 0.15) is 5.01 Å². The first-order chi connectivity index (χ1) is 16.0. The van der Waals surface area contributed by atoms with Gasteiger partial charge in [0.05, 0.1) is 17.1 Å². The smallest absolute Gasteiger partial charge is 0.243 e. The summed E-state index contributed by atoms with van der Waals surface area (Å²) in [5.74, 6) is -0.221. The first-order valence-corrected chi connectivity index (χ1v) is 13.7. The van der Waals surface area contributed by atoms with E-state index in [4.69, 9.17) is 0 Å². The SMILES string of the molecule is CCCc1ccc(S(=O)(=O)N2CCC(C(=O)NCc3csc(-c4ccccc4)n3)CC2)cc1. The van der Waals surface area contributed by atoms with E-state index in [0.29, 0.717) is 37.4 Å². The van der Waals surface area contributed by atoms with E-state index < -0.39 is 10.0 Å². The van der Waals surface area contributed by atoms with Gasteiger partial charge < -0.3 is 5.32 Å². The van der Waals surface area contributed by atoms with Gasteiger partial charge in [-0.1, -0.05) is 55.8 Å². The molecule has 1 N–H and O–H groups in total. The van der Waals surface area contributed by atoms with Crippen molar-refractivity contribution in [1.82, 2.24) is 14.6 Å². The van der Waals surface area contributed by atoms with Gasteiger partial charge in [0.25, 0.3) is 0 Å². The van der Waals surface area contributed by atoms with Crippen LogP contribution in [0.5, 0.6) is 0 Å². The number of amides is 1. The number of sulfonamides is 1. The van der Waals surface area contributed by atoms with E-state index >= 15 is 0 Å². The molecule has 8 heteroatoms. The summed E-state index contributed by atoms with van der Waals surface area (Å²) >= 11 is 1.56. The van der Waals surface area contributed by atoms with Crippen molar-refractivity contribution in [3.63, 3.8) is 0 Å². The van der Waals surface area contributed by atoms with Crippen molar-refractivity contribution in [2.24, 2.45) is 5.92 Å². The van der Waals surface area contributed by atoms with E-state index in [1.807, 2.05) is 47.8 Å². The predicted molar refractivity (Wildman–Crippen MR) is 131 cm³/mol. The number of hydrogen-bond acceptors (Lipinski definition) is 5. The molecule has 1 aliphatic heterocycles. The Balaban J connectivity index is 1.28. The molecule has 2 heterocycles. The molecule has 1 amide bonds. The largest absolute Gasteiger partial charge is 0.350 e. The maximum absolute atomic E-state index is 13.0. The zero-order chi connectivity index (χ0) is 23.3. The standard InChI is InChI=1S/C25H29N3O3S2/c1-2-6-19-9-11-23(12-10-19)33(30,31)28-15-13-20(14-16-28)24(29)26-17-22-18-32-25(27-22)21-7-4-3-5-8-21/h3-5,7-12,18,20H,2,6,13-17H2,1H3,(H,26,29). The molecule has 0 radical (unpaired) electrons. The van der Waals surface area contributed by atoms with Gasteiger partial charge >= 0.3 is 0 Å². The molecule has 0 spiro atoms. The Hall–Kier alpha value is -2.55. The molecule has 1 saturated heterocycles. The minimum absolute atomic E-state index is 0.0368. The van der Waals surface area contributed by atoms with Crippen molar-refractivity contribution in [2.45, 2.75) is 44.0 Å². The maximum atomic E-state index is 13.0. The second-order valence-corrected chi connectivity index (χ2v) is 11.1. The molecule has 0 unspecified atom stereocenters. The van der Waals surface area contributed by atoms with E-state index in [9.17, 15) is 13.2 Å². The third kappa shape index (κ3) is 5.69. The quantitative estimate of drug-likeness (QED) is 0.512. The van der Waals surface area contributed by atoms with Crippen LogP contribution in [0.4, 0.5) is 0 Å². The summed E-state index contributed by atoms with van der Waals surface area (Å²) < 4.78 is 27.5. The molecule has 4 rings (SSSR count). The summed E-state index contributed by atoms with van der Waals surface area (Å²) in [6.45, 7) is 3.19. The molecule has 3 aromatic rings. The Bertz CT molecular complexity index is 1170. The molecule has 174 valence electrons. The minimum atomic E-state index is -3.53. The summed E-state index contributed by atoms with van der Waals surface area (Å²) in [5.41, 5.74) is 3.04. The summed E-state index contributed by atoms with van der Waals surface area (Å²) in [6.07, 6.45) is 3.00. The predicted octanol–water partition coefficient (Wildman–Crippen LogP) is 4.48. The number of thiazole rings is 1. The zero-order valence-electron chi connectivity index (χ0n) is 18.7. The highest BCUT2D eigenvalue weighted by Gasteiger charge is 2.32. The Morgan fingerprint density at radius 2 is 1.79 bits per heavy atom. The van der Waals surface area contributed by atoms with Crippen molar-refractivity contribution >= 4 is 27.3 Å². The first kappa shape index (κ1) is 23.6. The second-order valence-electron chi connectivity index (χ2n) is 8.30. The lowest BCUT2D eigenvalue weighted by Crippen LogP contribution is -2.42. The number of carbonyl (C=O) groups is 1. The van der Waals surface area contributed by atoms with Crippen LogP contribution in [0.25, 0.3) is 10.6 Å². The average Bonchev–Trinajstić information content (AvgIpc) is 3.33. The third-order valence-electron chi connectivity index (χ3n) is 5.94. The van der Waals surface area contributed by atoms with E-state index in [0.717, 1.165) is 34.7 Å². The fourth-order valence-corrected chi connectivity index (χ4v) is 6.34. The summed E-state index contributed by atoms with van der Waals surface area (Å²) in [4.78, 5) is 17.6. The number of rotatable bonds is 8. The topological polar surface area (TPSA) is 79.4 Å². The van der Waals surface area contributed by atoms with Gasteiger partial charge in [0.2, 0.25) is 15.9 Å². The van der Waals surface area contributed by atoms with Gasteiger partial charge in [-0.05, 0) is 37.0 Å². The molecule has 0 bridgehead atoms. The molecular formula is C25H29N3O3S2. The molecule has 2 aromatic carbocycles. The molecule has 0 aliphatic carbocycles. The number of benzene rings is 2. The van der Waals surface area contributed by atoms with Crippen LogP contribution < -0.4 is 5.32 Å². The maximum Gasteiger partial charge on any atom is 0.243 e. The van der Waals surface area contributed by atoms with Gasteiger partial charge in [-0.15, -0.1) is 11.3 Å². The van der Waals surface area contributed by atoms with Crippen LogP contribution >= 0.6 is 11.3 Å². The lowest BCUT2D eigenvalue weighted by atomic mass is 9.97. The van der Waals surface area contributed by atoms with E-state index in [2.05, 4.69) is 17.2 Å². The van der Waals surface area contributed by atoms with Crippen LogP contribution in [0, 0.1) is 5.92 Å². The molecule has 1 fully saturated rings. The molecule has 0 atom stereocenters. The Morgan fingerprint density at radius 1 is 1.09 bits per heavy atom. The zero-order valence-corrected chi connectivity index (χ0v) is 20.4. The fraction of sp³-hybridized carbons (Fsp3) is 0.360. The van der Waals surface area contributed by atoms with Crippen LogP contribution in [0.3, 0.4) is 0 Å². The van der Waals surface area contributed by atoms with E-state index in [1.165, 1.54) is 4.31 Å². The Morgan fingerprint density at radius 3 is 2.45 bits per heavy atom. The number of aromatic nitrogens is 1. The molecule has 1 aliphatic rings. The highest BCUT2D eigenvalue weighted by Crippen LogP contribution is 2.25. The number of piperidine rings is 1. The van der Waals surface area contributed by atoms with Gasteiger partial charge in [0.15, 0.2) is 0 Å². The summed E-state index contributed by atoms with van der Waals surface area (Å²) in [7, 11) is -3.53. The monoisotopic (exact) mass is 483 g/mol. The number of carbonyl (C=O) groups excluding carboxylic acids is 1. The van der Waals surface area contributed by atoms with Crippen molar-refractivity contribution in [1.29, 1.82) is 0 Å². The lowest BCUT2D eigenvalue weighted by Gasteiger charge is -2.30. The normalized spacial score (nSPS) is 15.4. The van der Waals surface area contributed by atoms with Gasteiger partial charge in [-0.3, -0.25) is 4.79 Å². The minimum Gasteiger partial charge on any atom is -0.350 e. The third-order valence-corrected chi connectivity index (χ3v) is 8.79. The van der Waals surface area contributed by atoms with Crippen LogP contribution in [0.2, 0.25) is 0 Å². The highest BCUT2D eigenvalue weighted by molar-refractivity contribution is 7.89. The molecule has 6 nitrogen and oxygen atoms in total. The van der Waals surface area contributed by atoms with Crippen LogP contribution in [0.15, 0.2) is 64.9 Å². The van der Waals surface area contributed by atoms with Gasteiger partial charge in [-0.2, -0.15) is 4.31 Å². The van der Waals surface area contributed by atoms with Crippen molar-refractivity contribution < 1.29 is 13.2 Å². The number of nitrogens with zero attached hydrogens (tertiary/aromatic N) is 2. The van der Waals surface area contributed by atoms with Crippen molar-refractivity contribution in [2.75, 3.05) is 13.1 Å². The van der Waals surface area contributed by atoms with Crippen molar-refractivity contribution in [3.8, 4) is 10.6 Å². The number of aryl methyl sites for hydroxylation is 1. The summed E-state index contributed by atoms with van der Waals surface area (Å²) in [5, 5.41) is 5.87. The van der Waals surface area contributed by atoms with Crippen LogP contribution in [0.1, 0.15) is 37.4 Å².